The number of benzene rings is 2. The van der Waals surface area contributed by atoms with E-state index in [1.165, 1.54) is 11.1 Å². The van der Waals surface area contributed by atoms with Gasteiger partial charge in [-0.25, -0.2) is 13.1 Å². The van der Waals surface area contributed by atoms with Crippen molar-refractivity contribution in [3.05, 3.63) is 63.1 Å². The summed E-state index contributed by atoms with van der Waals surface area (Å²) in [5.41, 5.74) is 4.23. The molecule has 1 aliphatic heterocycles. The van der Waals surface area contributed by atoms with E-state index in [2.05, 4.69) is 38.1 Å². The third kappa shape index (κ3) is 3.25. The van der Waals surface area contributed by atoms with Gasteiger partial charge in [-0.05, 0) is 47.4 Å². The highest BCUT2D eigenvalue weighted by Crippen LogP contribution is 2.21. The molecule has 1 heterocycles. The van der Waals surface area contributed by atoms with Crippen LogP contribution in [0.15, 0.2) is 45.8 Å². The van der Waals surface area contributed by atoms with Crippen molar-refractivity contribution in [3.8, 4) is 0 Å². The maximum atomic E-state index is 12.4. The Labute approximate surface area is 139 Å². The Balaban J connectivity index is 1.77. The van der Waals surface area contributed by atoms with Crippen LogP contribution in [0.4, 0.5) is 0 Å². The fourth-order valence-corrected chi connectivity index (χ4v) is 4.35. The molecule has 0 aliphatic carbocycles. The van der Waals surface area contributed by atoms with Gasteiger partial charge in [-0.2, -0.15) is 0 Å². The van der Waals surface area contributed by atoms with Crippen molar-refractivity contribution in [2.24, 2.45) is 0 Å². The fraction of sp³-hybridized carbons (Fsp3) is 0.250. The van der Waals surface area contributed by atoms with Crippen LogP contribution in [0, 0.1) is 6.92 Å². The highest BCUT2D eigenvalue weighted by Gasteiger charge is 2.17. The molecule has 0 radical (unpaired) electrons. The molecular weight excluding hydrogens is 364 g/mol. The molecule has 0 saturated heterocycles. The van der Waals surface area contributed by atoms with E-state index in [4.69, 9.17) is 0 Å². The summed E-state index contributed by atoms with van der Waals surface area (Å²) in [5, 5.41) is 3.28. The van der Waals surface area contributed by atoms with Gasteiger partial charge in [-0.15, -0.1) is 0 Å². The molecule has 2 N–H and O–H groups in total. The standard InChI is InChI=1S/C16H17BrN2O2S/c1-11-6-15(17)4-5-16(11)22(20,21)19-8-12-2-3-13-9-18-10-14(13)7-12/h2-7,18-19H,8-10H2,1H3. The molecule has 0 fully saturated rings. The summed E-state index contributed by atoms with van der Waals surface area (Å²) < 4.78 is 28.4. The maximum Gasteiger partial charge on any atom is 0.241 e. The molecular formula is C16H17BrN2O2S. The minimum Gasteiger partial charge on any atom is -0.309 e. The average molecular weight is 381 g/mol. The Hall–Kier alpha value is -1.21. The zero-order chi connectivity index (χ0) is 15.7. The number of rotatable bonds is 4. The van der Waals surface area contributed by atoms with Gasteiger partial charge >= 0.3 is 0 Å². The third-order valence-electron chi connectivity index (χ3n) is 3.79. The highest BCUT2D eigenvalue weighted by atomic mass is 79.9. The summed E-state index contributed by atoms with van der Waals surface area (Å²) in [6.07, 6.45) is 0. The summed E-state index contributed by atoms with van der Waals surface area (Å²) in [6, 6.07) is 11.3. The molecule has 3 rings (SSSR count). The van der Waals surface area contributed by atoms with Crippen LogP contribution in [0.2, 0.25) is 0 Å². The lowest BCUT2D eigenvalue weighted by Crippen LogP contribution is -2.24. The summed E-state index contributed by atoms with van der Waals surface area (Å²) in [6.45, 7) is 3.83. The zero-order valence-corrected chi connectivity index (χ0v) is 14.6. The molecule has 2 aromatic carbocycles. The molecule has 1 aliphatic rings. The quantitative estimate of drug-likeness (QED) is 0.857. The lowest BCUT2D eigenvalue weighted by molar-refractivity contribution is 0.580. The Kier molecular flexibility index (Phi) is 4.36. The molecule has 0 aromatic heterocycles. The van der Waals surface area contributed by atoms with E-state index in [1.807, 2.05) is 6.07 Å². The van der Waals surface area contributed by atoms with E-state index in [0.29, 0.717) is 11.4 Å². The Morgan fingerprint density at radius 1 is 1.14 bits per heavy atom. The molecule has 0 saturated carbocycles. The summed E-state index contributed by atoms with van der Waals surface area (Å²) in [5.74, 6) is 0. The van der Waals surface area contributed by atoms with Gasteiger partial charge < -0.3 is 5.32 Å². The van der Waals surface area contributed by atoms with Crippen molar-refractivity contribution in [1.82, 2.24) is 10.0 Å². The second-order valence-electron chi connectivity index (χ2n) is 5.44. The van der Waals surface area contributed by atoms with E-state index in [1.54, 1.807) is 25.1 Å². The van der Waals surface area contributed by atoms with E-state index in [-0.39, 0.29) is 0 Å². The molecule has 4 nitrogen and oxygen atoms in total. The van der Waals surface area contributed by atoms with Gasteiger partial charge in [0.2, 0.25) is 10.0 Å². The monoisotopic (exact) mass is 380 g/mol. The van der Waals surface area contributed by atoms with Gasteiger partial charge in [0.05, 0.1) is 4.90 Å². The summed E-state index contributed by atoms with van der Waals surface area (Å²) in [7, 11) is -3.51. The van der Waals surface area contributed by atoms with Crippen LogP contribution in [0.3, 0.4) is 0 Å². The molecule has 2 aromatic rings. The minimum atomic E-state index is -3.51. The molecule has 0 atom stereocenters. The predicted molar refractivity (Wildman–Crippen MR) is 89.9 cm³/mol. The summed E-state index contributed by atoms with van der Waals surface area (Å²) >= 11 is 3.35. The minimum absolute atomic E-state index is 0.297. The van der Waals surface area contributed by atoms with Crippen molar-refractivity contribution in [3.63, 3.8) is 0 Å². The van der Waals surface area contributed by atoms with Gasteiger partial charge in [-0.1, -0.05) is 34.1 Å². The molecule has 0 unspecified atom stereocenters. The maximum absolute atomic E-state index is 12.4. The zero-order valence-electron chi connectivity index (χ0n) is 12.2. The van der Waals surface area contributed by atoms with Crippen molar-refractivity contribution in [2.75, 3.05) is 0 Å². The molecule has 0 bridgehead atoms. The molecule has 6 heteroatoms. The number of hydrogen-bond acceptors (Lipinski definition) is 3. The molecule has 22 heavy (non-hydrogen) atoms. The van der Waals surface area contributed by atoms with E-state index >= 15 is 0 Å². The lowest BCUT2D eigenvalue weighted by Gasteiger charge is -2.10. The first-order valence-corrected chi connectivity index (χ1v) is 9.30. The number of halogens is 1. The highest BCUT2D eigenvalue weighted by molar-refractivity contribution is 9.10. The van der Waals surface area contributed by atoms with Gasteiger partial charge in [0.15, 0.2) is 0 Å². The van der Waals surface area contributed by atoms with Gasteiger partial charge in [0.25, 0.3) is 0 Å². The Morgan fingerprint density at radius 2 is 1.91 bits per heavy atom. The first-order chi connectivity index (χ1) is 10.5. The first kappa shape index (κ1) is 15.7. The van der Waals surface area contributed by atoms with Gasteiger partial charge in [0.1, 0.15) is 0 Å². The fourth-order valence-electron chi connectivity index (χ4n) is 2.63. The SMILES string of the molecule is Cc1cc(Br)ccc1S(=O)(=O)NCc1ccc2c(c1)CNC2. The topological polar surface area (TPSA) is 58.2 Å². The lowest BCUT2D eigenvalue weighted by atomic mass is 10.1. The Morgan fingerprint density at radius 3 is 2.68 bits per heavy atom. The van der Waals surface area contributed by atoms with E-state index in [0.717, 1.165) is 28.7 Å². The third-order valence-corrected chi connectivity index (χ3v) is 5.85. The number of sulfonamides is 1. The summed E-state index contributed by atoms with van der Waals surface area (Å²) in [4.78, 5) is 0.318. The smallest absolute Gasteiger partial charge is 0.241 e. The molecule has 116 valence electrons. The molecule has 0 spiro atoms. The van der Waals surface area contributed by atoms with E-state index in [9.17, 15) is 8.42 Å². The van der Waals surface area contributed by atoms with Gasteiger partial charge in [0, 0.05) is 24.1 Å². The van der Waals surface area contributed by atoms with Crippen molar-refractivity contribution in [2.45, 2.75) is 31.5 Å². The number of fused-ring (bicyclic) bond motifs is 1. The van der Waals surface area contributed by atoms with Crippen LogP contribution in [0.1, 0.15) is 22.3 Å². The second-order valence-corrected chi connectivity index (χ2v) is 8.09. The number of aryl methyl sites for hydroxylation is 1. The molecule has 0 amide bonds. The number of nitrogens with one attached hydrogen (secondary N) is 2. The van der Waals surface area contributed by atoms with Crippen molar-refractivity contribution in [1.29, 1.82) is 0 Å². The van der Waals surface area contributed by atoms with Crippen LogP contribution in [-0.2, 0) is 29.7 Å². The van der Waals surface area contributed by atoms with Crippen LogP contribution >= 0.6 is 15.9 Å². The van der Waals surface area contributed by atoms with Crippen molar-refractivity contribution >= 4 is 26.0 Å². The van der Waals surface area contributed by atoms with Crippen LogP contribution < -0.4 is 10.0 Å². The van der Waals surface area contributed by atoms with Crippen LogP contribution in [0.25, 0.3) is 0 Å². The predicted octanol–water partition coefficient (Wildman–Crippen LogP) is 2.84. The average Bonchev–Trinajstić information content (AvgIpc) is 2.92. The van der Waals surface area contributed by atoms with Crippen LogP contribution in [-0.4, -0.2) is 8.42 Å². The number of hydrogen-bond donors (Lipinski definition) is 2. The van der Waals surface area contributed by atoms with Crippen molar-refractivity contribution < 1.29 is 8.42 Å². The second kappa shape index (κ2) is 6.12. The van der Waals surface area contributed by atoms with Crippen LogP contribution in [0.5, 0.6) is 0 Å². The van der Waals surface area contributed by atoms with E-state index < -0.39 is 10.0 Å². The largest absolute Gasteiger partial charge is 0.309 e. The normalized spacial score (nSPS) is 14.1. The van der Waals surface area contributed by atoms with Gasteiger partial charge in [-0.3, -0.25) is 0 Å². The Bertz CT molecular complexity index is 819. The first-order valence-electron chi connectivity index (χ1n) is 7.03.